The van der Waals surface area contributed by atoms with E-state index in [0.717, 1.165) is 21.9 Å². The second-order valence-electron chi connectivity index (χ2n) is 7.22. The minimum atomic E-state index is -3.70. The van der Waals surface area contributed by atoms with Crippen LogP contribution in [-0.2, 0) is 14.8 Å². The van der Waals surface area contributed by atoms with Crippen molar-refractivity contribution in [2.45, 2.75) is 20.8 Å². The number of carbonyl (C=O) groups excluding carboxylic acids is 1. The molecule has 0 aliphatic heterocycles. The Morgan fingerprint density at radius 1 is 1.23 bits per heavy atom. The average molecular weight is 452 g/mol. The Kier molecular flexibility index (Phi) is 8.25. The van der Waals surface area contributed by atoms with Crippen LogP contribution in [0.1, 0.15) is 25.0 Å². The lowest BCUT2D eigenvalue weighted by Gasteiger charge is -2.23. The normalized spacial score (nSPS) is 11.7. The van der Waals surface area contributed by atoms with Crippen LogP contribution in [0.4, 0.5) is 5.69 Å². The maximum absolute atomic E-state index is 12.3. The monoisotopic (exact) mass is 451 g/mol. The first-order valence-corrected chi connectivity index (χ1v) is 11.6. The summed E-state index contributed by atoms with van der Waals surface area (Å²) in [5, 5.41) is 4.32. The molecule has 0 saturated heterocycles. The lowest BCUT2D eigenvalue weighted by Crippen LogP contribution is -2.39. The summed E-state index contributed by atoms with van der Waals surface area (Å²) in [6.07, 6.45) is 2.51. The summed E-state index contributed by atoms with van der Waals surface area (Å²) >= 11 is 6.09. The van der Waals surface area contributed by atoms with Crippen molar-refractivity contribution in [3.8, 4) is 5.75 Å². The van der Waals surface area contributed by atoms with Gasteiger partial charge in [-0.15, -0.1) is 0 Å². The fourth-order valence-electron chi connectivity index (χ4n) is 2.50. The molecule has 30 heavy (non-hydrogen) atoms. The Morgan fingerprint density at radius 3 is 2.50 bits per heavy atom. The highest BCUT2D eigenvalue weighted by Crippen LogP contribution is 2.27. The van der Waals surface area contributed by atoms with E-state index in [9.17, 15) is 13.2 Å². The van der Waals surface area contributed by atoms with Crippen LogP contribution in [0.3, 0.4) is 0 Å². The number of amides is 1. The van der Waals surface area contributed by atoms with E-state index < -0.39 is 22.5 Å². The Morgan fingerprint density at radius 2 is 1.90 bits per heavy atom. The standard InChI is InChI=1S/C21H26ClN3O4S/c1-15(2)14-29-18-10-8-17(9-11-18)12-23-24-21(26)13-25(30(4,27)28)20-7-5-6-19(22)16(20)3/h5-12,15H,13-14H2,1-4H3,(H,24,26)/b23-12-. The zero-order chi connectivity index (χ0) is 22.3. The van der Waals surface area contributed by atoms with E-state index in [1.165, 1.54) is 6.21 Å². The molecule has 0 fully saturated rings. The van der Waals surface area contributed by atoms with Crippen LogP contribution in [0.15, 0.2) is 47.6 Å². The van der Waals surface area contributed by atoms with Gasteiger partial charge in [-0.25, -0.2) is 13.8 Å². The fourth-order valence-corrected chi connectivity index (χ4v) is 3.58. The summed E-state index contributed by atoms with van der Waals surface area (Å²) in [6.45, 7) is 6.05. The Hall–Kier alpha value is -2.58. The van der Waals surface area contributed by atoms with E-state index in [1.54, 1.807) is 25.1 Å². The predicted molar refractivity (Wildman–Crippen MR) is 121 cm³/mol. The molecule has 0 bridgehead atoms. The van der Waals surface area contributed by atoms with Crippen molar-refractivity contribution in [3.63, 3.8) is 0 Å². The molecule has 1 N–H and O–H groups in total. The number of nitrogens with zero attached hydrogens (tertiary/aromatic N) is 2. The molecular formula is C21H26ClN3O4S. The molecular weight excluding hydrogens is 426 g/mol. The van der Waals surface area contributed by atoms with Gasteiger partial charge < -0.3 is 4.74 Å². The smallest absolute Gasteiger partial charge is 0.260 e. The van der Waals surface area contributed by atoms with Crippen LogP contribution in [0, 0.1) is 12.8 Å². The highest BCUT2D eigenvalue weighted by molar-refractivity contribution is 7.92. The summed E-state index contributed by atoms with van der Waals surface area (Å²) in [4.78, 5) is 12.3. The molecule has 0 saturated carbocycles. The number of halogens is 1. The Labute approximate surface area is 182 Å². The third-order valence-electron chi connectivity index (χ3n) is 4.06. The Bertz CT molecular complexity index is 1010. The first kappa shape index (κ1) is 23.7. The molecule has 0 aliphatic rings. The predicted octanol–water partition coefficient (Wildman–Crippen LogP) is 3.60. The molecule has 0 aliphatic carbocycles. The second kappa shape index (κ2) is 10.4. The van der Waals surface area contributed by atoms with Crippen LogP contribution in [0.25, 0.3) is 0 Å². The number of rotatable bonds is 9. The summed E-state index contributed by atoms with van der Waals surface area (Å²) in [7, 11) is -3.70. The number of benzene rings is 2. The highest BCUT2D eigenvalue weighted by Gasteiger charge is 2.22. The van der Waals surface area contributed by atoms with Crippen molar-refractivity contribution < 1.29 is 17.9 Å². The van der Waals surface area contributed by atoms with Crippen LogP contribution in [-0.4, -0.2) is 39.9 Å². The first-order chi connectivity index (χ1) is 14.1. The van der Waals surface area contributed by atoms with Gasteiger partial charge in [0.25, 0.3) is 5.91 Å². The van der Waals surface area contributed by atoms with Gasteiger partial charge in [0.05, 0.1) is 24.8 Å². The zero-order valence-corrected chi connectivity index (χ0v) is 19.0. The fraction of sp³-hybridized carbons (Fsp3) is 0.333. The molecule has 0 heterocycles. The van der Waals surface area contributed by atoms with Crippen molar-refractivity contribution in [2.75, 3.05) is 23.7 Å². The molecule has 162 valence electrons. The summed E-state index contributed by atoms with van der Waals surface area (Å²) in [6, 6.07) is 12.1. The molecule has 2 aromatic rings. The largest absolute Gasteiger partial charge is 0.493 e. The van der Waals surface area contributed by atoms with Gasteiger partial charge >= 0.3 is 0 Å². The number of carbonyl (C=O) groups is 1. The maximum atomic E-state index is 12.3. The van der Waals surface area contributed by atoms with Crippen molar-refractivity contribution in [1.29, 1.82) is 0 Å². The molecule has 9 heteroatoms. The summed E-state index contributed by atoms with van der Waals surface area (Å²) in [5.41, 5.74) is 4.03. The average Bonchev–Trinajstić information content (AvgIpc) is 2.67. The topological polar surface area (TPSA) is 88.1 Å². The zero-order valence-electron chi connectivity index (χ0n) is 17.4. The number of nitrogens with one attached hydrogen (secondary N) is 1. The third kappa shape index (κ3) is 7.03. The summed E-state index contributed by atoms with van der Waals surface area (Å²) in [5.74, 6) is 0.613. The number of hydrogen-bond acceptors (Lipinski definition) is 5. The number of hydrogen-bond donors (Lipinski definition) is 1. The number of anilines is 1. The van der Waals surface area contributed by atoms with E-state index in [1.807, 2.05) is 24.3 Å². The van der Waals surface area contributed by atoms with Gasteiger partial charge in [0.15, 0.2) is 0 Å². The van der Waals surface area contributed by atoms with Gasteiger partial charge in [-0.1, -0.05) is 31.5 Å². The number of hydrazone groups is 1. The van der Waals surface area contributed by atoms with E-state index >= 15 is 0 Å². The van der Waals surface area contributed by atoms with Crippen molar-refractivity contribution in [2.24, 2.45) is 11.0 Å². The molecule has 2 rings (SSSR count). The van der Waals surface area contributed by atoms with Crippen molar-refractivity contribution in [3.05, 3.63) is 58.6 Å². The highest BCUT2D eigenvalue weighted by atomic mass is 35.5. The van der Waals surface area contributed by atoms with E-state index in [4.69, 9.17) is 16.3 Å². The van der Waals surface area contributed by atoms with Gasteiger partial charge in [0.2, 0.25) is 10.0 Å². The molecule has 0 atom stereocenters. The van der Waals surface area contributed by atoms with Gasteiger partial charge in [-0.05, 0) is 60.4 Å². The lowest BCUT2D eigenvalue weighted by atomic mass is 10.2. The lowest BCUT2D eigenvalue weighted by molar-refractivity contribution is -0.119. The molecule has 1 amide bonds. The maximum Gasteiger partial charge on any atom is 0.260 e. The quantitative estimate of drug-likeness (QED) is 0.466. The molecule has 7 nitrogen and oxygen atoms in total. The van der Waals surface area contributed by atoms with Crippen LogP contribution >= 0.6 is 11.6 Å². The molecule has 0 aromatic heterocycles. The van der Waals surface area contributed by atoms with E-state index in [0.29, 0.717) is 28.8 Å². The van der Waals surface area contributed by atoms with Crippen LogP contribution in [0.2, 0.25) is 5.02 Å². The number of sulfonamides is 1. The third-order valence-corrected chi connectivity index (χ3v) is 5.60. The van der Waals surface area contributed by atoms with E-state index in [2.05, 4.69) is 24.4 Å². The second-order valence-corrected chi connectivity index (χ2v) is 9.53. The Balaban J connectivity index is 2.01. The SMILES string of the molecule is Cc1c(Cl)cccc1N(CC(=O)N/N=C\c1ccc(OCC(C)C)cc1)S(C)(=O)=O. The van der Waals surface area contributed by atoms with Crippen molar-refractivity contribution >= 4 is 39.4 Å². The first-order valence-electron chi connectivity index (χ1n) is 9.35. The molecule has 2 aromatic carbocycles. The van der Waals surface area contributed by atoms with Gasteiger partial charge in [-0.2, -0.15) is 5.10 Å². The molecule has 0 unspecified atom stereocenters. The van der Waals surface area contributed by atoms with Crippen LogP contribution < -0.4 is 14.5 Å². The van der Waals surface area contributed by atoms with Gasteiger partial charge in [0.1, 0.15) is 12.3 Å². The van der Waals surface area contributed by atoms with E-state index in [-0.39, 0.29) is 0 Å². The van der Waals surface area contributed by atoms with Gasteiger partial charge in [0, 0.05) is 5.02 Å². The van der Waals surface area contributed by atoms with Gasteiger partial charge in [-0.3, -0.25) is 9.10 Å². The van der Waals surface area contributed by atoms with Crippen molar-refractivity contribution in [1.82, 2.24) is 5.43 Å². The molecule has 0 spiro atoms. The molecule has 0 radical (unpaired) electrons. The minimum absolute atomic E-state index is 0.348. The van der Waals surface area contributed by atoms with Crippen LogP contribution in [0.5, 0.6) is 5.75 Å². The summed E-state index contributed by atoms with van der Waals surface area (Å²) < 4.78 is 31.0. The number of ether oxygens (including phenoxy) is 1. The minimum Gasteiger partial charge on any atom is -0.493 e.